The van der Waals surface area contributed by atoms with Gasteiger partial charge in [-0.15, -0.1) is 11.3 Å². The average molecular weight is 449 g/mol. The van der Waals surface area contributed by atoms with Crippen LogP contribution in [-0.4, -0.2) is 51.5 Å². The Hall–Kier alpha value is -2.83. The maximum absolute atomic E-state index is 12.8. The van der Waals surface area contributed by atoms with Gasteiger partial charge in [0.15, 0.2) is 0 Å². The normalized spacial score (nSPS) is 15.2. The standard InChI is InChI=1S/C18H20N6O4S2/c25-16(13-23-18(26)24(21-20-23)17-8-5-11-29-17)19-14-6-4-7-15(12-14)30(27,28)22-9-2-1-3-10-22/h4-8,11-12H,1-3,9-10,13H2,(H,19,25). The molecule has 0 unspecified atom stereocenters. The molecular weight excluding hydrogens is 428 g/mol. The molecule has 30 heavy (non-hydrogen) atoms. The molecule has 3 heterocycles. The average Bonchev–Trinajstić information content (AvgIpc) is 3.39. The predicted molar refractivity (Wildman–Crippen MR) is 111 cm³/mol. The molecule has 3 aromatic rings. The van der Waals surface area contributed by atoms with E-state index in [4.69, 9.17) is 0 Å². The molecule has 0 saturated carbocycles. The van der Waals surface area contributed by atoms with Crippen molar-refractivity contribution in [2.75, 3.05) is 18.4 Å². The second kappa shape index (κ2) is 8.50. The Kier molecular flexibility index (Phi) is 5.79. The van der Waals surface area contributed by atoms with E-state index in [0.717, 1.165) is 28.6 Å². The Bertz CT molecular complexity index is 1190. The third kappa shape index (κ3) is 4.20. The number of carbonyl (C=O) groups excluding carboxylic acids is 1. The van der Waals surface area contributed by atoms with E-state index in [1.165, 1.54) is 27.8 Å². The number of aromatic nitrogens is 4. The van der Waals surface area contributed by atoms with Crippen LogP contribution in [0.15, 0.2) is 51.5 Å². The Labute approximate surface area is 176 Å². The van der Waals surface area contributed by atoms with Gasteiger partial charge in [-0.05, 0) is 59.0 Å². The number of hydrogen-bond donors (Lipinski definition) is 1. The lowest BCUT2D eigenvalue weighted by atomic mass is 10.2. The minimum Gasteiger partial charge on any atom is -0.324 e. The summed E-state index contributed by atoms with van der Waals surface area (Å²) in [5.41, 5.74) is -0.203. The van der Waals surface area contributed by atoms with Crippen molar-refractivity contribution < 1.29 is 13.2 Å². The molecular formula is C18H20N6O4S2. The van der Waals surface area contributed by atoms with Gasteiger partial charge in [-0.25, -0.2) is 13.2 Å². The van der Waals surface area contributed by atoms with Gasteiger partial charge in [0.05, 0.1) is 4.90 Å². The molecule has 158 valence electrons. The van der Waals surface area contributed by atoms with Crippen molar-refractivity contribution in [1.82, 2.24) is 24.1 Å². The lowest BCUT2D eigenvalue weighted by molar-refractivity contribution is -0.117. The van der Waals surface area contributed by atoms with Gasteiger partial charge in [-0.3, -0.25) is 4.79 Å². The molecule has 1 fully saturated rings. The topological polar surface area (TPSA) is 119 Å². The number of tetrazole rings is 1. The first kappa shape index (κ1) is 20.4. The lowest BCUT2D eigenvalue weighted by Gasteiger charge is -2.26. The quantitative estimate of drug-likeness (QED) is 0.607. The van der Waals surface area contributed by atoms with Gasteiger partial charge >= 0.3 is 5.69 Å². The third-order valence-corrected chi connectivity index (χ3v) is 7.46. The summed E-state index contributed by atoms with van der Waals surface area (Å²) in [4.78, 5) is 24.9. The molecule has 0 aliphatic carbocycles. The number of piperidine rings is 1. The number of hydrogen-bond acceptors (Lipinski definition) is 7. The molecule has 1 amide bonds. The zero-order valence-corrected chi connectivity index (χ0v) is 17.6. The summed E-state index contributed by atoms with van der Waals surface area (Å²) >= 11 is 1.33. The van der Waals surface area contributed by atoms with Gasteiger partial charge < -0.3 is 5.32 Å². The summed E-state index contributed by atoms with van der Waals surface area (Å²) in [6.45, 7) is 0.663. The van der Waals surface area contributed by atoms with Gasteiger partial charge in [-0.1, -0.05) is 12.5 Å². The van der Waals surface area contributed by atoms with Crippen molar-refractivity contribution in [3.8, 4) is 5.00 Å². The van der Waals surface area contributed by atoms with E-state index in [1.54, 1.807) is 29.6 Å². The summed E-state index contributed by atoms with van der Waals surface area (Å²) in [6.07, 6.45) is 2.71. The van der Waals surface area contributed by atoms with Gasteiger partial charge in [0, 0.05) is 18.8 Å². The van der Waals surface area contributed by atoms with Crippen LogP contribution in [0.1, 0.15) is 19.3 Å². The van der Waals surface area contributed by atoms with E-state index >= 15 is 0 Å². The Balaban J connectivity index is 1.47. The Morgan fingerprint density at radius 2 is 1.90 bits per heavy atom. The summed E-state index contributed by atoms with van der Waals surface area (Å²) in [7, 11) is -3.61. The fraction of sp³-hybridized carbons (Fsp3) is 0.333. The van der Waals surface area contributed by atoms with Crippen molar-refractivity contribution in [1.29, 1.82) is 0 Å². The van der Waals surface area contributed by atoms with Crippen LogP contribution in [0, 0.1) is 0 Å². The molecule has 1 N–H and O–H groups in total. The minimum atomic E-state index is -3.61. The van der Waals surface area contributed by atoms with Crippen molar-refractivity contribution >= 4 is 33.0 Å². The fourth-order valence-corrected chi connectivity index (χ4v) is 5.46. The molecule has 0 radical (unpaired) electrons. The number of anilines is 1. The molecule has 1 saturated heterocycles. The maximum atomic E-state index is 12.8. The van der Waals surface area contributed by atoms with E-state index in [1.807, 2.05) is 0 Å². The maximum Gasteiger partial charge on any atom is 0.369 e. The molecule has 1 aromatic carbocycles. The first-order valence-corrected chi connectivity index (χ1v) is 11.7. The molecule has 10 nitrogen and oxygen atoms in total. The Morgan fingerprint density at radius 1 is 1.10 bits per heavy atom. The second-order valence-electron chi connectivity index (χ2n) is 6.82. The van der Waals surface area contributed by atoms with Crippen molar-refractivity contribution in [2.45, 2.75) is 30.7 Å². The number of benzene rings is 1. The van der Waals surface area contributed by atoms with Crippen LogP contribution in [-0.2, 0) is 21.4 Å². The molecule has 0 bridgehead atoms. The summed E-state index contributed by atoms with van der Waals surface area (Å²) in [5, 5.41) is 12.5. The summed E-state index contributed by atoms with van der Waals surface area (Å²) < 4.78 is 29.2. The molecule has 4 rings (SSSR count). The number of sulfonamides is 1. The lowest BCUT2D eigenvalue weighted by Crippen LogP contribution is -2.35. The molecule has 0 spiro atoms. The highest BCUT2D eigenvalue weighted by molar-refractivity contribution is 7.89. The van der Waals surface area contributed by atoms with Gasteiger partial charge in [0.25, 0.3) is 0 Å². The van der Waals surface area contributed by atoms with Gasteiger partial charge in [0.2, 0.25) is 15.9 Å². The van der Waals surface area contributed by atoms with Crippen LogP contribution < -0.4 is 11.0 Å². The monoisotopic (exact) mass is 448 g/mol. The number of nitrogens with zero attached hydrogens (tertiary/aromatic N) is 5. The van der Waals surface area contributed by atoms with E-state index < -0.39 is 21.6 Å². The highest BCUT2D eigenvalue weighted by atomic mass is 32.2. The first-order valence-electron chi connectivity index (χ1n) is 9.42. The van der Waals surface area contributed by atoms with Crippen molar-refractivity contribution in [3.05, 3.63) is 52.3 Å². The minimum absolute atomic E-state index is 0.128. The Morgan fingerprint density at radius 3 is 2.63 bits per heavy atom. The number of rotatable bonds is 6. The third-order valence-electron chi connectivity index (χ3n) is 4.72. The van der Waals surface area contributed by atoms with Crippen LogP contribution >= 0.6 is 11.3 Å². The fourth-order valence-electron chi connectivity index (χ4n) is 3.23. The van der Waals surface area contributed by atoms with Crippen LogP contribution in [0.5, 0.6) is 0 Å². The molecule has 0 atom stereocenters. The largest absolute Gasteiger partial charge is 0.369 e. The van der Waals surface area contributed by atoms with Crippen LogP contribution in [0.3, 0.4) is 0 Å². The van der Waals surface area contributed by atoms with Crippen LogP contribution in [0.4, 0.5) is 5.69 Å². The summed E-state index contributed by atoms with van der Waals surface area (Å²) in [5.74, 6) is -0.511. The first-order chi connectivity index (χ1) is 14.4. The SMILES string of the molecule is O=C(Cn1nnn(-c2cccs2)c1=O)Nc1cccc(S(=O)(=O)N2CCCCC2)c1. The van der Waals surface area contributed by atoms with Crippen LogP contribution in [0.25, 0.3) is 5.00 Å². The molecule has 2 aromatic heterocycles. The smallest absolute Gasteiger partial charge is 0.324 e. The molecule has 12 heteroatoms. The zero-order valence-electron chi connectivity index (χ0n) is 16.0. The number of carbonyl (C=O) groups is 1. The van der Waals surface area contributed by atoms with E-state index in [2.05, 4.69) is 15.7 Å². The second-order valence-corrected chi connectivity index (χ2v) is 9.69. The van der Waals surface area contributed by atoms with E-state index in [-0.39, 0.29) is 11.4 Å². The molecule has 1 aliphatic rings. The highest BCUT2D eigenvalue weighted by Gasteiger charge is 2.26. The number of nitrogens with one attached hydrogen (secondary N) is 1. The number of thiophene rings is 1. The summed E-state index contributed by atoms with van der Waals surface area (Å²) in [6, 6.07) is 9.61. The van der Waals surface area contributed by atoms with Crippen molar-refractivity contribution in [3.63, 3.8) is 0 Å². The zero-order chi connectivity index (χ0) is 21.1. The highest BCUT2D eigenvalue weighted by Crippen LogP contribution is 2.22. The van der Waals surface area contributed by atoms with Gasteiger partial charge in [0.1, 0.15) is 11.5 Å². The van der Waals surface area contributed by atoms with E-state index in [9.17, 15) is 18.0 Å². The van der Waals surface area contributed by atoms with Crippen molar-refractivity contribution in [2.24, 2.45) is 0 Å². The predicted octanol–water partition coefficient (Wildman–Crippen LogP) is 1.30. The van der Waals surface area contributed by atoms with Crippen LogP contribution in [0.2, 0.25) is 0 Å². The van der Waals surface area contributed by atoms with E-state index in [0.29, 0.717) is 23.8 Å². The number of amides is 1. The van der Waals surface area contributed by atoms with Gasteiger partial charge in [-0.2, -0.15) is 13.7 Å². The molecule has 1 aliphatic heterocycles.